The molecule has 2 unspecified atom stereocenters. The van der Waals surface area contributed by atoms with Gasteiger partial charge in [-0.25, -0.2) is 4.98 Å². The van der Waals surface area contributed by atoms with Gasteiger partial charge in [0.2, 0.25) is 5.89 Å². The molecule has 5 rings (SSSR count). The van der Waals surface area contributed by atoms with E-state index in [4.69, 9.17) is 4.42 Å². The van der Waals surface area contributed by atoms with E-state index >= 15 is 0 Å². The minimum Gasteiger partial charge on any atom is -0.440 e. The van der Waals surface area contributed by atoms with Crippen LogP contribution in [-0.2, 0) is 0 Å². The summed E-state index contributed by atoms with van der Waals surface area (Å²) in [5, 5.41) is 0. The highest BCUT2D eigenvalue weighted by Crippen LogP contribution is 2.74. The van der Waals surface area contributed by atoms with E-state index in [2.05, 4.69) is 47.5 Å². The molecule has 4 aliphatic carbocycles. The highest BCUT2D eigenvalue weighted by Gasteiger charge is 2.67. The SMILES string of the molecule is O=Cc1nc(C2=CC=CC34C=CC=CC23C4)oc1C1CC1. The fourth-order valence-electron chi connectivity index (χ4n) is 3.89. The Morgan fingerprint density at radius 1 is 1.19 bits per heavy atom. The Balaban J connectivity index is 1.63. The highest BCUT2D eigenvalue weighted by atomic mass is 16.4. The van der Waals surface area contributed by atoms with Crippen molar-refractivity contribution >= 4 is 11.9 Å². The van der Waals surface area contributed by atoms with Crippen LogP contribution in [0.2, 0.25) is 0 Å². The van der Waals surface area contributed by atoms with Crippen LogP contribution in [0.25, 0.3) is 5.57 Å². The number of nitrogens with zero attached hydrogens (tertiary/aromatic N) is 1. The van der Waals surface area contributed by atoms with Gasteiger partial charge in [-0.2, -0.15) is 0 Å². The normalized spacial score (nSPS) is 35.1. The van der Waals surface area contributed by atoms with Crippen molar-refractivity contribution in [3.05, 3.63) is 59.9 Å². The first-order chi connectivity index (χ1) is 10.3. The Labute approximate surface area is 122 Å². The van der Waals surface area contributed by atoms with E-state index in [1.165, 1.54) is 0 Å². The van der Waals surface area contributed by atoms with E-state index in [0.717, 1.165) is 36.9 Å². The third-order valence-corrected chi connectivity index (χ3v) is 5.27. The number of rotatable bonds is 3. The molecule has 2 atom stereocenters. The lowest BCUT2D eigenvalue weighted by Gasteiger charge is -2.24. The number of aromatic nitrogens is 1. The van der Waals surface area contributed by atoms with Gasteiger partial charge in [-0.3, -0.25) is 4.79 Å². The first-order valence-electron chi connectivity index (χ1n) is 7.51. The number of hydrogen-bond donors (Lipinski definition) is 0. The number of carbonyl (C=O) groups is 1. The molecule has 0 saturated heterocycles. The van der Waals surface area contributed by atoms with Crippen LogP contribution in [-0.4, -0.2) is 11.3 Å². The van der Waals surface area contributed by atoms with Crippen LogP contribution in [0.15, 0.2) is 46.9 Å². The number of allylic oxidation sites excluding steroid dienone is 8. The molecule has 1 aromatic rings. The van der Waals surface area contributed by atoms with Gasteiger partial charge in [-0.05, 0) is 19.3 Å². The summed E-state index contributed by atoms with van der Waals surface area (Å²) in [6.45, 7) is 0. The molecule has 0 bridgehead atoms. The number of hydrogen-bond acceptors (Lipinski definition) is 3. The topological polar surface area (TPSA) is 43.1 Å². The van der Waals surface area contributed by atoms with Gasteiger partial charge < -0.3 is 4.42 Å². The average Bonchev–Trinajstić information content (AvgIpc) is 3.40. The minimum atomic E-state index is -0.0116. The molecule has 4 aliphatic rings. The maximum absolute atomic E-state index is 11.2. The van der Waals surface area contributed by atoms with Crippen LogP contribution in [0.5, 0.6) is 0 Å². The maximum atomic E-state index is 11.2. The van der Waals surface area contributed by atoms with E-state index < -0.39 is 0 Å². The smallest absolute Gasteiger partial charge is 0.223 e. The van der Waals surface area contributed by atoms with Crippen molar-refractivity contribution in [1.29, 1.82) is 0 Å². The minimum absolute atomic E-state index is 0.0116. The molecule has 0 N–H and O–H groups in total. The molecule has 2 saturated carbocycles. The van der Waals surface area contributed by atoms with Gasteiger partial charge in [0, 0.05) is 22.3 Å². The molecule has 0 amide bonds. The van der Waals surface area contributed by atoms with Gasteiger partial charge >= 0.3 is 0 Å². The van der Waals surface area contributed by atoms with Crippen molar-refractivity contribution in [3.8, 4) is 0 Å². The number of oxazole rings is 1. The Morgan fingerprint density at radius 3 is 2.81 bits per heavy atom. The lowest BCUT2D eigenvalue weighted by Crippen LogP contribution is -2.15. The summed E-state index contributed by atoms with van der Waals surface area (Å²) in [5.74, 6) is 1.81. The Hall–Kier alpha value is -2.16. The van der Waals surface area contributed by atoms with E-state index in [-0.39, 0.29) is 10.8 Å². The Bertz CT molecular complexity index is 775. The third kappa shape index (κ3) is 1.34. The third-order valence-electron chi connectivity index (χ3n) is 5.27. The van der Waals surface area contributed by atoms with Crippen LogP contribution in [0, 0.1) is 10.8 Å². The molecule has 3 nitrogen and oxygen atoms in total. The standard InChI is InChI=1S/C18H15NO2/c20-10-14-15(12-5-6-12)21-16(19-14)13-4-3-8-17-7-1-2-9-18(13,17)11-17/h1-4,7-10,12H,5-6,11H2. The van der Waals surface area contributed by atoms with Gasteiger partial charge in [0.25, 0.3) is 0 Å². The van der Waals surface area contributed by atoms with Crippen LogP contribution >= 0.6 is 0 Å². The van der Waals surface area contributed by atoms with Crippen molar-refractivity contribution in [2.45, 2.75) is 25.2 Å². The van der Waals surface area contributed by atoms with Crippen molar-refractivity contribution in [3.63, 3.8) is 0 Å². The molecule has 2 fully saturated rings. The highest BCUT2D eigenvalue weighted by molar-refractivity contribution is 5.81. The van der Waals surface area contributed by atoms with E-state index in [0.29, 0.717) is 17.5 Å². The molecule has 1 aromatic heterocycles. The van der Waals surface area contributed by atoms with Gasteiger partial charge in [-0.1, -0.05) is 42.5 Å². The van der Waals surface area contributed by atoms with Crippen molar-refractivity contribution < 1.29 is 9.21 Å². The van der Waals surface area contributed by atoms with Crippen LogP contribution < -0.4 is 0 Å². The monoisotopic (exact) mass is 277 g/mol. The molecule has 0 aromatic carbocycles. The summed E-state index contributed by atoms with van der Waals surface area (Å²) in [5.41, 5.74) is 1.69. The first-order valence-corrected chi connectivity index (χ1v) is 7.51. The van der Waals surface area contributed by atoms with Gasteiger partial charge in [-0.15, -0.1) is 0 Å². The zero-order valence-corrected chi connectivity index (χ0v) is 11.6. The summed E-state index contributed by atoms with van der Waals surface area (Å²) in [4.78, 5) is 15.7. The summed E-state index contributed by atoms with van der Waals surface area (Å²) in [6, 6.07) is 0. The number of aldehydes is 1. The van der Waals surface area contributed by atoms with E-state index in [1.807, 2.05) is 0 Å². The molecule has 0 spiro atoms. The fraction of sp³-hybridized carbons (Fsp3) is 0.333. The Kier molecular flexibility index (Phi) is 1.93. The zero-order valence-electron chi connectivity index (χ0n) is 11.6. The summed E-state index contributed by atoms with van der Waals surface area (Å²) in [6.07, 6.45) is 19.3. The lowest BCUT2D eigenvalue weighted by atomic mass is 9.79. The zero-order chi connectivity index (χ0) is 14.1. The van der Waals surface area contributed by atoms with Gasteiger partial charge in [0.05, 0.1) is 0 Å². The average molecular weight is 277 g/mol. The van der Waals surface area contributed by atoms with Gasteiger partial charge in [0.15, 0.2) is 6.29 Å². The van der Waals surface area contributed by atoms with Crippen molar-refractivity contribution in [2.75, 3.05) is 0 Å². The molecular formula is C18H15NO2. The van der Waals surface area contributed by atoms with E-state index in [1.54, 1.807) is 0 Å². The predicted octanol–water partition coefficient (Wildman–Crippen LogP) is 3.82. The first kappa shape index (κ1) is 11.5. The largest absolute Gasteiger partial charge is 0.440 e. The quantitative estimate of drug-likeness (QED) is 0.789. The lowest BCUT2D eigenvalue weighted by molar-refractivity contribution is 0.111. The summed E-state index contributed by atoms with van der Waals surface area (Å²) in [7, 11) is 0. The van der Waals surface area contributed by atoms with Crippen LogP contribution in [0.1, 0.15) is 47.3 Å². The second kappa shape index (κ2) is 3.53. The molecule has 3 heteroatoms. The van der Waals surface area contributed by atoms with Crippen molar-refractivity contribution in [1.82, 2.24) is 4.98 Å². The van der Waals surface area contributed by atoms with E-state index in [9.17, 15) is 4.79 Å². The summed E-state index contributed by atoms with van der Waals surface area (Å²) >= 11 is 0. The summed E-state index contributed by atoms with van der Waals surface area (Å²) < 4.78 is 6.00. The molecule has 0 aliphatic heterocycles. The second-order valence-corrected chi connectivity index (χ2v) is 6.51. The molecule has 0 radical (unpaired) electrons. The fourth-order valence-corrected chi connectivity index (χ4v) is 3.89. The van der Waals surface area contributed by atoms with Crippen LogP contribution in [0.3, 0.4) is 0 Å². The predicted molar refractivity (Wildman–Crippen MR) is 78.7 cm³/mol. The molecule has 104 valence electrons. The number of carbonyl (C=O) groups excluding carboxylic acids is 1. The molecule has 1 heterocycles. The van der Waals surface area contributed by atoms with Gasteiger partial charge in [0.1, 0.15) is 11.5 Å². The molecule has 21 heavy (non-hydrogen) atoms. The van der Waals surface area contributed by atoms with Crippen LogP contribution in [0.4, 0.5) is 0 Å². The Morgan fingerprint density at radius 2 is 2.00 bits per heavy atom. The molecular weight excluding hydrogens is 262 g/mol. The maximum Gasteiger partial charge on any atom is 0.223 e. The second-order valence-electron chi connectivity index (χ2n) is 6.51. The van der Waals surface area contributed by atoms with Crippen molar-refractivity contribution in [2.24, 2.45) is 10.8 Å².